The van der Waals surface area contributed by atoms with Gasteiger partial charge in [-0.1, -0.05) is 29.8 Å². The van der Waals surface area contributed by atoms with Crippen molar-refractivity contribution in [2.75, 3.05) is 17.2 Å². The molecule has 7 heteroatoms. The van der Waals surface area contributed by atoms with Gasteiger partial charge in [0.1, 0.15) is 11.6 Å². The minimum absolute atomic E-state index is 0.00799. The van der Waals surface area contributed by atoms with Gasteiger partial charge < -0.3 is 10.6 Å². The molecule has 0 fully saturated rings. The van der Waals surface area contributed by atoms with Crippen molar-refractivity contribution in [1.29, 1.82) is 5.26 Å². The van der Waals surface area contributed by atoms with Gasteiger partial charge in [-0.3, -0.25) is 4.79 Å². The first-order valence-corrected chi connectivity index (χ1v) is 8.46. The molecule has 0 bridgehead atoms. The molecule has 0 aliphatic heterocycles. The van der Waals surface area contributed by atoms with Crippen LogP contribution in [0.4, 0.5) is 11.5 Å². The van der Waals surface area contributed by atoms with Crippen molar-refractivity contribution >= 4 is 33.3 Å². The number of carbonyl (C=O) groups excluding carboxylic acids is 1. The molecule has 0 radical (unpaired) electrons. The largest absolute Gasteiger partial charge is 0.358 e. The van der Waals surface area contributed by atoms with Crippen molar-refractivity contribution in [2.24, 2.45) is 0 Å². The fourth-order valence-corrected chi connectivity index (χ4v) is 2.58. The molecule has 0 spiro atoms. The Bertz CT molecular complexity index is 768. The summed E-state index contributed by atoms with van der Waals surface area (Å²) in [4.78, 5) is 12.0. The maximum atomic E-state index is 12.0. The smallest absolute Gasteiger partial charge is 0.243 e. The van der Waals surface area contributed by atoms with E-state index in [9.17, 15) is 10.1 Å². The number of nitriles is 1. The normalized spacial score (nSPS) is 10.1. The van der Waals surface area contributed by atoms with Crippen LogP contribution in [-0.4, -0.2) is 22.6 Å². The molecular formula is C17H18BrN5O. The van der Waals surface area contributed by atoms with Crippen molar-refractivity contribution < 1.29 is 4.79 Å². The van der Waals surface area contributed by atoms with E-state index in [4.69, 9.17) is 0 Å². The number of nitrogens with one attached hydrogen (secondary N) is 2. The summed E-state index contributed by atoms with van der Waals surface area (Å²) in [7, 11) is 0. The maximum absolute atomic E-state index is 12.0. The van der Waals surface area contributed by atoms with E-state index in [2.05, 4.69) is 42.8 Å². The van der Waals surface area contributed by atoms with Crippen molar-refractivity contribution in [3.8, 4) is 6.07 Å². The van der Waals surface area contributed by atoms with Crippen LogP contribution >= 0.6 is 15.9 Å². The Balaban J connectivity index is 2.07. The average Bonchev–Trinajstić information content (AvgIpc) is 2.60. The first-order valence-electron chi connectivity index (χ1n) is 7.66. The molecule has 24 heavy (non-hydrogen) atoms. The van der Waals surface area contributed by atoms with Gasteiger partial charge in [-0.25, -0.2) is 0 Å². The monoisotopic (exact) mass is 387 g/mol. The Kier molecular flexibility index (Phi) is 6.27. The highest BCUT2D eigenvalue weighted by Gasteiger charge is 2.14. The lowest BCUT2D eigenvalue weighted by molar-refractivity contribution is -0.114. The van der Waals surface area contributed by atoms with Crippen LogP contribution < -0.4 is 10.6 Å². The molecule has 1 heterocycles. The minimum atomic E-state index is -0.222. The fourth-order valence-electron chi connectivity index (χ4n) is 2.32. The van der Waals surface area contributed by atoms with Crippen molar-refractivity contribution in [3.63, 3.8) is 0 Å². The van der Waals surface area contributed by atoms with Crippen LogP contribution in [0.2, 0.25) is 0 Å². The zero-order chi connectivity index (χ0) is 17.5. The van der Waals surface area contributed by atoms with E-state index in [1.165, 1.54) is 0 Å². The lowest BCUT2D eigenvalue weighted by atomic mass is 10.0. The number of nitrogens with zero attached hydrogens (tertiary/aromatic N) is 3. The number of hydrogen-bond donors (Lipinski definition) is 2. The summed E-state index contributed by atoms with van der Waals surface area (Å²) in [5.41, 5.74) is 2.86. The molecule has 6 nitrogen and oxygen atoms in total. The Hall–Kier alpha value is -2.46. The third-order valence-corrected chi connectivity index (χ3v) is 4.03. The molecule has 124 valence electrons. The van der Waals surface area contributed by atoms with E-state index >= 15 is 0 Å². The number of aromatic nitrogens is 2. The third-order valence-electron chi connectivity index (χ3n) is 3.50. The number of aryl methyl sites for hydroxylation is 1. The molecule has 0 atom stereocenters. The highest BCUT2D eigenvalue weighted by Crippen LogP contribution is 2.20. The lowest BCUT2D eigenvalue weighted by Gasteiger charge is -2.12. The van der Waals surface area contributed by atoms with Crippen LogP contribution in [0, 0.1) is 11.3 Å². The molecule has 2 N–H and O–H groups in total. The van der Waals surface area contributed by atoms with E-state index < -0.39 is 0 Å². The number of halogens is 1. The summed E-state index contributed by atoms with van der Waals surface area (Å²) >= 11 is 3.34. The van der Waals surface area contributed by atoms with Crippen molar-refractivity contribution in [3.05, 3.63) is 45.6 Å². The summed E-state index contributed by atoms with van der Waals surface area (Å²) in [6.07, 6.45) is 1.41. The lowest BCUT2D eigenvalue weighted by Crippen LogP contribution is -2.23. The first kappa shape index (κ1) is 17.9. The van der Waals surface area contributed by atoms with Gasteiger partial charge in [-0.15, -0.1) is 5.10 Å². The van der Waals surface area contributed by atoms with Gasteiger partial charge in [0, 0.05) is 10.2 Å². The minimum Gasteiger partial charge on any atom is -0.358 e. The third kappa shape index (κ3) is 4.30. The second-order valence-electron chi connectivity index (χ2n) is 5.08. The van der Waals surface area contributed by atoms with Gasteiger partial charge in [-0.05, 0) is 42.7 Å². The van der Waals surface area contributed by atoms with Gasteiger partial charge >= 0.3 is 0 Å². The van der Waals surface area contributed by atoms with E-state index in [1.807, 2.05) is 26.0 Å². The summed E-state index contributed by atoms with van der Waals surface area (Å²) in [6, 6.07) is 9.46. The Morgan fingerprint density at radius 3 is 2.50 bits per heavy atom. The predicted molar refractivity (Wildman–Crippen MR) is 96.8 cm³/mol. The van der Waals surface area contributed by atoms with Crippen molar-refractivity contribution in [1.82, 2.24) is 10.2 Å². The topological polar surface area (TPSA) is 90.7 Å². The van der Waals surface area contributed by atoms with Gasteiger partial charge in [0.2, 0.25) is 5.91 Å². The van der Waals surface area contributed by atoms with Crippen LogP contribution in [0.1, 0.15) is 30.7 Å². The zero-order valence-electron chi connectivity index (χ0n) is 13.6. The highest BCUT2D eigenvalue weighted by atomic mass is 79.9. The second kappa shape index (κ2) is 8.41. The number of anilines is 2. The van der Waals surface area contributed by atoms with Crippen molar-refractivity contribution in [2.45, 2.75) is 26.7 Å². The molecule has 2 rings (SSSR count). The zero-order valence-corrected chi connectivity index (χ0v) is 15.1. The summed E-state index contributed by atoms with van der Waals surface area (Å²) in [6.45, 7) is 3.96. The molecule has 0 saturated heterocycles. The Morgan fingerprint density at radius 1 is 1.21 bits per heavy atom. The van der Waals surface area contributed by atoms with Gasteiger partial charge in [-0.2, -0.15) is 10.4 Å². The Labute approximate surface area is 149 Å². The molecule has 0 saturated carbocycles. The average molecular weight is 388 g/mol. The number of carbonyl (C=O) groups is 1. The highest BCUT2D eigenvalue weighted by molar-refractivity contribution is 9.10. The van der Waals surface area contributed by atoms with Crippen LogP contribution in [0.5, 0.6) is 0 Å². The summed E-state index contributed by atoms with van der Waals surface area (Å²) in [5, 5.41) is 23.3. The fraction of sp³-hybridized carbons (Fsp3) is 0.294. The second-order valence-corrected chi connectivity index (χ2v) is 5.99. The number of rotatable bonds is 6. The SMILES string of the molecule is CCc1nnc(NCC(=O)Nc2ccc(Br)cc2)c(C#N)c1CC. The standard InChI is InChI=1S/C17H18BrN5O/c1-3-13-14(9-19)17(23-22-15(13)4-2)20-10-16(24)21-12-7-5-11(18)6-8-12/h5-8H,3-4,10H2,1-2H3,(H,20,23)(H,21,24). The summed E-state index contributed by atoms with van der Waals surface area (Å²) in [5.74, 6) is 0.123. The van der Waals surface area contributed by atoms with Gasteiger partial charge in [0.15, 0.2) is 5.82 Å². The number of hydrogen-bond acceptors (Lipinski definition) is 5. The van der Waals surface area contributed by atoms with Gasteiger partial charge in [0.05, 0.1) is 12.2 Å². The Morgan fingerprint density at radius 2 is 1.92 bits per heavy atom. The number of amides is 1. The van der Waals surface area contributed by atoms with E-state index in [-0.39, 0.29) is 12.5 Å². The van der Waals surface area contributed by atoms with Crippen LogP contribution in [-0.2, 0) is 17.6 Å². The molecule has 0 aliphatic carbocycles. The summed E-state index contributed by atoms with van der Waals surface area (Å²) < 4.78 is 0.940. The molecule has 0 aliphatic rings. The molecule has 1 aromatic carbocycles. The molecular weight excluding hydrogens is 370 g/mol. The van der Waals surface area contributed by atoms with E-state index in [1.54, 1.807) is 12.1 Å². The van der Waals surface area contributed by atoms with E-state index in [0.29, 0.717) is 23.5 Å². The van der Waals surface area contributed by atoms with Crippen LogP contribution in [0.15, 0.2) is 28.7 Å². The number of benzene rings is 1. The van der Waals surface area contributed by atoms with E-state index in [0.717, 1.165) is 22.2 Å². The molecule has 1 amide bonds. The van der Waals surface area contributed by atoms with Crippen LogP contribution in [0.25, 0.3) is 0 Å². The maximum Gasteiger partial charge on any atom is 0.243 e. The van der Waals surface area contributed by atoms with Crippen LogP contribution in [0.3, 0.4) is 0 Å². The molecule has 1 aromatic heterocycles. The predicted octanol–water partition coefficient (Wildman–Crippen LogP) is 3.29. The van der Waals surface area contributed by atoms with Gasteiger partial charge in [0.25, 0.3) is 0 Å². The molecule has 0 unspecified atom stereocenters. The molecule has 2 aromatic rings. The first-order chi connectivity index (χ1) is 11.6. The quantitative estimate of drug-likeness (QED) is 0.793.